The number of hydrogen-bond donors (Lipinski definition) is 2. The summed E-state index contributed by atoms with van der Waals surface area (Å²) in [4.78, 5) is 3.89. The first-order valence-electron chi connectivity index (χ1n) is 5.61. The highest BCUT2D eigenvalue weighted by Gasteiger charge is 2.09. The lowest BCUT2D eigenvalue weighted by atomic mass is 10.2. The molecule has 0 unspecified atom stereocenters. The molecule has 0 bridgehead atoms. The van der Waals surface area contributed by atoms with Crippen LogP contribution >= 0.6 is 0 Å². The highest BCUT2D eigenvalue weighted by Crippen LogP contribution is 2.20. The van der Waals surface area contributed by atoms with E-state index in [1.165, 1.54) is 24.4 Å². The second kappa shape index (κ2) is 5.96. The molecular formula is C13H11F2N3O2. The third kappa shape index (κ3) is 3.00. The largest absolute Gasteiger partial charge is 0.486 e. The van der Waals surface area contributed by atoms with Crippen LogP contribution in [-0.4, -0.2) is 16.0 Å². The average Bonchev–Trinajstić information content (AvgIpc) is 2.48. The lowest BCUT2D eigenvalue weighted by Crippen LogP contribution is -2.15. The number of hydrogen-bond acceptors (Lipinski definition) is 4. The van der Waals surface area contributed by atoms with Gasteiger partial charge in [0.25, 0.3) is 0 Å². The fourth-order valence-corrected chi connectivity index (χ4v) is 1.51. The Morgan fingerprint density at radius 1 is 1.35 bits per heavy atom. The summed E-state index contributed by atoms with van der Waals surface area (Å²) in [6.45, 7) is -0.00536. The number of pyridine rings is 1. The third-order valence-corrected chi connectivity index (χ3v) is 2.51. The quantitative estimate of drug-likeness (QED) is 0.388. The molecule has 0 aliphatic heterocycles. The fourth-order valence-electron chi connectivity index (χ4n) is 1.51. The van der Waals surface area contributed by atoms with E-state index in [0.29, 0.717) is 5.56 Å². The van der Waals surface area contributed by atoms with Gasteiger partial charge in [0, 0.05) is 6.20 Å². The lowest BCUT2D eigenvalue weighted by Gasteiger charge is -2.08. The van der Waals surface area contributed by atoms with Crippen molar-refractivity contribution in [3.63, 3.8) is 0 Å². The van der Waals surface area contributed by atoms with Crippen molar-refractivity contribution in [1.82, 2.24) is 4.98 Å². The smallest absolute Gasteiger partial charge is 0.200 e. The molecule has 7 heteroatoms. The number of amidine groups is 1. The van der Waals surface area contributed by atoms with Crippen LogP contribution in [0.25, 0.3) is 0 Å². The van der Waals surface area contributed by atoms with Crippen molar-refractivity contribution in [2.45, 2.75) is 6.61 Å². The Kier molecular flexibility index (Phi) is 4.09. The first-order valence-corrected chi connectivity index (χ1v) is 5.61. The Labute approximate surface area is 113 Å². The molecule has 1 heterocycles. The van der Waals surface area contributed by atoms with Gasteiger partial charge in [-0.15, -0.1) is 0 Å². The van der Waals surface area contributed by atoms with Gasteiger partial charge in [-0.1, -0.05) is 11.2 Å². The maximum atomic E-state index is 13.4. The number of oxime groups is 1. The van der Waals surface area contributed by atoms with Crippen LogP contribution in [0.4, 0.5) is 8.78 Å². The minimum atomic E-state index is -1.04. The molecule has 104 valence electrons. The van der Waals surface area contributed by atoms with Crippen LogP contribution in [0.3, 0.4) is 0 Å². The Balaban J connectivity index is 2.13. The summed E-state index contributed by atoms with van der Waals surface area (Å²) in [5, 5.41) is 11.4. The maximum absolute atomic E-state index is 13.4. The third-order valence-electron chi connectivity index (χ3n) is 2.51. The van der Waals surface area contributed by atoms with Gasteiger partial charge in [-0.2, -0.15) is 4.39 Å². The van der Waals surface area contributed by atoms with E-state index in [1.807, 2.05) is 0 Å². The van der Waals surface area contributed by atoms with Gasteiger partial charge in [-0.05, 0) is 29.8 Å². The first-order chi connectivity index (χ1) is 9.61. The van der Waals surface area contributed by atoms with E-state index in [9.17, 15) is 8.78 Å². The topological polar surface area (TPSA) is 80.7 Å². The SMILES string of the molecule is NC(=NO)c1cc(COc2cccc(F)c2F)ccn1. The Morgan fingerprint density at radius 2 is 2.15 bits per heavy atom. The molecule has 0 saturated heterocycles. The Morgan fingerprint density at radius 3 is 2.90 bits per heavy atom. The zero-order valence-electron chi connectivity index (χ0n) is 10.3. The summed E-state index contributed by atoms with van der Waals surface area (Å²) in [5.41, 5.74) is 6.28. The van der Waals surface area contributed by atoms with Crippen LogP contribution in [0.5, 0.6) is 5.75 Å². The van der Waals surface area contributed by atoms with Crippen LogP contribution < -0.4 is 10.5 Å². The normalized spacial score (nSPS) is 11.4. The highest BCUT2D eigenvalue weighted by molar-refractivity contribution is 5.95. The van der Waals surface area contributed by atoms with E-state index in [1.54, 1.807) is 6.07 Å². The van der Waals surface area contributed by atoms with Crippen LogP contribution in [0, 0.1) is 11.6 Å². The zero-order valence-corrected chi connectivity index (χ0v) is 10.3. The summed E-state index contributed by atoms with van der Waals surface area (Å²) < 4.78 is 31.6. The van der Waals surface area contributed by atoms with Gasteiger partial charge < -0.3 is 15.7 Å². The highest BCUT2D eigenvalue weighted by atomic mass is 19.2. The maximum Gasteiger partial charge on any atom is 0.200 e. The fraction of sp³-hybridized carbons (Fsp3) is 0.0769. The van der Waals surface area contributed by atoms with Crippen molar-refractivity contribution >= 4 is 5.84 Å². The van der Waals surface area contributed by atoms with E-state index in [4.69, 9.17) is 15.7 Å². The summed E-state index contributed by atoms with van der Waals surface area (Å²) in [7, 11) is 0. The van der Waals surface area contributed by atoms with E-state index < -0.39 is 11.6 Å². The summed E-state index contributed by atoms with van der Waals surface area (Å²) in [6.07, 6.45) is 1.44. The van der Waals surface area contributed by atoms with Crippen LogP contribution in [-0.2, 0) is 6.61 Å². The van der Waals surface area contributed by atoms with Crippen molar-refractivity contribution in [3.8, 4) is 5.75 Å². The molecule has 2 rings (SSSR count). The number of nitrogens with zero attached hydrogens (tertiary/aromatic N) is 2. The number of nitrogens with two attached hydrogens (primary N) is 1. The summed E-state index contributed by atoms with van der Waals surface area (Å²) in [5.74, 6) is -2.36. The number of rotatable bonds is 4. The molecule has 0 amide bonds. The molecular weight excluding hydrogens is 268 g/mol. The van der Waals surface area contributed by atoms with Gasteiger partial charge in [-0.25, -0.2) is 4.39 Å². The van der Waals surface area contributed by atoms with Crippen molar-refractivity contribution in [3.05, 3.63) is 59.4 Å². The molecule has 0 fully saturated rings. The minimum Gasteiger partial charge on any atom is -0.486 e. The van der Waals surface area contributed by atoms with Gasteiger partial charge in [0.15, 0.2) is 17.4 Å². The standard InChI is InChI=1S/C13H11F2N3O2/c14-9-2-1-3-11(12(9)15)20-7-8-4-5-17-10(6-8)13(16)18-19/h1-6,19H,7H2,(H2,16,18). The molecule has 0 aliphatic carbocycles. The van der Waals surface area contributed by atoms with E-state index in [0.717, 1.165) is 6.07 Å². The summed E-state index contributed by atoms with van der Waals surface area (Å²) in [6, 6.07) is 6.81. The second-order valence-electron chi connectivity index (χ2n) is 3.88. The number of ether oxygens (including phenoxy) is 1. The number of aromatic nitrogens is 1. The molecule has 0 saturated carbocycles. The van der Waals surface area contributed by atoms with Gasteiger partial charge >= 0.3 is 0 Å². The van der Waals surface area contributed by atoms with Gasteiger partial charge in [0.2, 0.25) is 5.82 Å². The number of benzene rings is 1. The minimum absolute atomic E-state index is 0.00536. The molecule has 20 heavy (non-hydrogen) atoms. The van der Waals surface area contributed by atoms with Crippen molar-refractivity contribution in [2.24, 2.45) is 10.9 Å². The molecule has 0 atom stereocenters. The molecule has 5 nitrogen and oxygen atoms in total. The van der Waals surface area contributed by atoms with Gasteiger partial charge in [0.05, 0.1) is 0 Å². The van der Waals surface area contributed by atoms with Gasteiger partial charge in [0.1, 0.15) is 12.3 Å². The number of halogens is 2. The van der Waals surface area contributed by atoms with Crippen molar-refractivity contribution in [2.75, 3.05) is 0 Å². The lowest BCUT2D eigenvalue weighted by molar-refractivity contribution is 0.284. The molecule has 1 aromatic heterocycles. The predicted octanol–water partition coefficient (Wildman–Crippen LogP) is 2.03. The molecule has 0 radical (unpaired) electrons. The van der Waals surface area contributed by atoms with Crippen LogP contribution in [0.2, 0.25) is 0 Å². The second-order valence-corrected chi connectivity index (χ2v) is 3.88. The summed E-state index contributed by atoms with van der Waals surface area (Å²) >= 11 is 0. The molecule has 0 spiro atoms. The van der Waals surface area contributed by atoms with E-state index in [2.05, 4.69) is 10.1 Å². The zero-order chi connectivity index (χ0) is 14.5. The monoisotopic (exact) mass is 279 g/mol. The van der Waals surface area contributed by atoms with E-state index >= 15 is 0 Å². The van der Waals surface area contributed by atoms with Crippen molar-refractivity contribution in [1.29, 1.82) is 0 Å². The first kappa shape index (κ1) is 13.7. The molecule has 3 N–H and O–H groups in total. The van der Waals surface area contributed by atoms with Crippen LogP contribution in [0.1, 0.15) is 11.3 Å². The average molecular weight is 279 g/mol. The predicted molar refractivity (Wildman–Crippen MR) is 67.4 cm³/mol. The molecule has 0 aliphatic rings. The Hall–Kier alpha value is -2.70. The van der Waals surface area contributed by atoms with Gasteiger partial charge in [-0.3, -0.25) is 4.98 Å². The molecule has 2 aromatic rings. The van der Waals surface area contributed by atoms with Crippen molar-refractivity contribution < 1.29 is 18.7 Å². The molecule has 1 aromatic carbocycles. The Bertz CT molecular complexity index is 647. The van der Waals surface area contributed by atoms with E-state index in [-0.39, 0.29) is 23.9 Å². The van der Waals surface area contributed by atoms with Crippen LogP contribution in [0.15, 0.2) is 41.7 Å².